The summed E-state index contributed by atoms with van der Waals surface area (Å²) in [7, 11) is 2.15. The number of benzene rings is 1. The molecule has 3 saturated heterocycles. The lowest BCUT2D eigenvalue weighted by Crippen LogP contribution is -2.53. The van der Waals surface area contributed by atoms with E-state index >= 15 is 0 Å². The van der Waals surface area contributed by atoms with Gasteiger partial charge in [-0.1, -0.05) is 25.5 Å². The van der Waals surface area contributed by atoms with Crippen LogP contribution in [0.3, 0.4) is 0 Å². The SMILES string of the molecule is CCc1ccc(C[C@@H](NC(=O)ON2CCCCC2)C(=O)N2CCC(C3CCN(C)CC3)CC2)cc1C(F)(F)F. The lowest BCUT2D eigenvalue weighted by Gasteiger charge is -2.40. The number of hydrogen-bond acceptors (Lipinski definition) is 5. The second kappa shape index (κ2) is 13.4. The first-order valence-corrected chi connectivity index (χ1v) is 14.5. The van der Waals surface area contributed by atoms with Gasteiger partial charge in [-0.2, -0.15) is 13.2 Å². The fourth-order valence-electron chi connectivity index (χ4n) is 6.31. The Balaban J connectivity index is 1.45. The molecule has 0 saturated carbocycles. The third-order valence-corrected chi connectivity index (χ3v) is 8.70. The second-order valence-corrected chi connectivity index (χ2v) is 11.4. The first kappa shape index (κ1) is 29.6. The van der Waals surface area contributed by atoms with Gasteiger partial charge in [0.05, 0.1) is 5.56 Å². The highest BCUT2D eigenvalue weighted by atomic mass is 19.4. The van der Waals surface area contributed by atoms with E-state index < -0.39 is 23.9 Å². The van der Waals surface area contributed by atoms with Gasteiger partial charge in [0.25, 0.3) is 0 Å². The molecule has 10 heteroatoms. The molecule has 3 fully saturated rings. The standard InChI is InChI=1S/C29H43F3N4O3/c1-3-22-8-7-21(19-25(22)29(30,31)32)20-26(33-28(38)39-36-13-5-4-6-14-36)27(37)35-17-11-24(12-18-35)23-9-15-34(2)16-10-23/h7-8,19,23-24,26H,3-6,9-18,20H2,1-2H3,(H,33,38)/t26-/m1/s1. The van der Waals surface area contributed by atoms with E-state index in [0.717, 1.165) is 51.3 Å². The molecule has 2 amide bonds. The Morgan fingerprint density at radius 2 is 1.59 bits per heavy atom. The van der Waals surface area contributed by atoms with Gasteiger partial charge >= 0.3 is 12.3 Å². The quantitative estimate of drug-likeness (QED) is 0.522. The van der Waals surface area contributed by atoms with Gasteiger partial charge in [0.2, 0.25) is 5.91 Å². The Morgan fingerprint density at radius 1 is 0.974 bits per heavy atom. The van der Waals surface area contributed by atoms with Gasteiger partial charge in [-0.15, -0.1) is 5.06 Å². The highest BCUT2D eigenvalue weighted by molar-refractivity contribution is 5.86. The van der Waals surface area contributed by atoms with Crippen molar-refractivity contribution in [2.75, 3.05) is 46.3 Å². The number of hydrogen-bond donors (Lipinski definition) is 1. The van der Waals surface area contributed by atoms with Crippen molar-refractivity contribution in [1.82, 2.24) is 20.2 Å². The summed E-state index contributed by atoms with van der Waals surface area (Å²) in [6.45, 7) is 6.34. The molecule has 3 aliphatic rings. The van der Waals surface area contributed by atoms with Crippen molar-refractivity contribution in [3.63, 3.8) is 0 Å². The average molecular weight is 553 g/mol. The molecule has 0 aromatic heterocycles. The monoisotopic (exact) mass is 552 g/mol. The van der Waals surface area contributed by atoms with Crippen LogP contribution in [0.25, 0.3) is 0 Å². The zero-order chi connectivity index (χ0) is 28.0. The van der Waals surface area contributed by atoms with Gasteiger partial charge in [-0.25, -0.2) is 4.79 Å². The summed E-state index contributed by atoms with van der Waals surface area (Å²) in [6, 6.07) is 3.20. The number of nitrogens with zero attached hydrogens (tertiary/aromatic N) is 3. The van der Waals surface area contributed by atoms with Crippen LogP contribution in [0.15, 0.2) is 18.2 Å². The van der Waals surface area contributed by atoms with Crippen LogP contribution in [0.2, 0.25) is 0 Å². The number of halogens is 3. The molecule has 0 radical (unpaired) electrons. The Bertz CT molecular complexity index is 967. The number of rotatable bonds is 7. The summed E-state index contributed by atoms with van der Waals surface area (Å²) in [5.74, 6) is 0.986. The second-order valence-electron chi connectivity index (χ2n) is 11.4. The molecule has 0 spiro atoms. The van der Waals surface area contributed by atoms with Crippen molar-refractivity contribution in [3.8, 4) is 0 Å². The molecule has 0 bridgehead atoms. The topological polar surface area (TPSA) is 65.1 Å². The summed E-state index contributed by atoms with van der Waals surface area (Å²) in [6.07, 6.45) is 2.09. The number of amides is 2. The summed E-state index contributed by atoms with van der Waals surface area (Å²) < 4.78 is 41.1. The molecule has 0 unspecified atom stereocenters. The zero-order valence-electron chi connectivity index (χ0n) is 23.3. The average Bonchev–Trinajstić information content (AvgIpc) is 2.93. The van der Waals surface area contributed by atoms with Crippen molar-refractivity contribution in [2.24, 2.45) is 11.8 Å². The number of aryl methyl sites for hydroxylation is 1. The van der Waals surface area contributed by atoms with E-state index in [-0.39, 0.29) is 24.3 Å². The maximum absolute atomic E-state index is 13.7. The molecule has 1 N–H and O–H groups in total. The summed E-state index contributed by atoms with van der Waals surface area (Å²) >= 11 is 0. The van der Waals surface area contributed by atoms with Crippen LogP contribution in [-0.2, 0) is 28.7 Å². The minimum Gasteiger partial charge on any atom is -0.351 e. The molecule has 7 nitrogen and oxygen atoms in total. The van der Waals surface area contributed by atoms with Gasteiger partial charge < -0.3 is 20.0 Å². The summed E-state index contributed by atoms with van der Waals surface area (Å²) in [4.78, 5) is 36.0. The van der Waals surface area contributed by atoms with Crippen LogP contribution in [0.5, 0.6) is 0 Å². The van der Waals surface area contributed by atoms with Crippen LogP contribution in [0.4, 0.5) is 18.0 Å². The molecule has 1 atom stereocenters. The molecule has 1 aromatic rings. The van der Waals surface area contributed by atoms with E-state index in [1.165, 1.54) is 18.9 Å². The number of likely N-dealkylation sites (tertiary alicyclic amines) is 2. The molecule has 4 rings (SSSR count). The number of carbonyl (C=O) groups excluding carboxylic acids is 2. The van der Waals surface area contributed by atoms with Crippen LogP contribution < -0.4 is 5.32 Å². The summed E-state index contributed by atoms with van der Waals surface area (Å²) in [5.41, 5.74) is -0.122. The number of carbonyl (C=O) groups is 2. The highest BCUT2D eigenvalue weighted by Crippen LogP contribution is 2.34. The number of hydroxylamine groups is 2. The van der Waals surface area contributed by atoms with E-state index in [4.69, 9.17) is 4.84 Å². The Labute approximate surface area is 230 Å². The lowest BCUT2D eigenvalue weighted by molar-refractivity contribution is -0.138. The number of alkyl halides is 3. The van der Waals surface area contributed by atoms with Crippen LogP contribution in [0.1, 0.15) is 68.6 Å². The van der Waals surface area contributed by atoms with E-state index in [0.29, 0.717) is 43.6 Å². The van der Waals surface area contributed by atoms with E-state index in [1.807, 2.05) is 0 Å². The van der Waals surface area contributed by atoms with Crippen LogP contribution in [-0.4, -0.2) is 79.2 Å². The normalized spacial score (nSPS) is 21.5. The lowest BCUT2D eigenvalue weighted by atomic mass is 9.79. The molecule has 39 heavy (non-hydrogen) atoms. The van der Waals surface area contributed by atoms with Crippen LogP contribution in [0, 0.1) is 11.8 Å². The molecule has 218 valence electrons. The van der Waals surface area contributed by atoms with Crippen molar-refractivity contribution >= 4 is 12.0 Å². The predicted octanol–water partition coefficient (Wildman–Crippen LogP) is 4.89. The van der Waals surface area contributed by atoms with Crippen molar-refractivity contribution in [1.29, 1.82) is 0 Å². The van der Waals surface area contributed by atoms with Gasteiger partial charge in [0.15, 0.2) is 0 Å². The minimum absolute atomic E-state index is 0.0318. The molecule has 0 aliphatic carbocycles. The van der Waals surface area contributed by atoms with Gasteiger partial charge in [0, 0.05) is 32.6 Å². The Morgan fingerprint density at radius 3 is 2.18 bits per heavy atom. The number of piperidine rings is 3. The molecule has 3 aliphatic heterocycles. The minimum atomic E-state index is -4.49. The maximum Gasteiger partial charge on any atom is 0.426 e. The Kier molecular flexibility index (Phi) is 10.1. The van der Waals surface area contributed by atoms with Crippen molar-refractivity contribution in [2.45, 2.75) is 76.9 Å². The van der Waals surface area contributed by atoms with Gasteiger partial charge in [-0.3, -0.25) is 4.79 Å². The predicted molar refractivity (Wildman–Crippen MR) is 143 cm³/mol. The fraction of sp³-hybridized carbons (Fsp3) is 0.724. The number of nitrogens with one attached hydrogen (secondary N) is 1. The molecular formula is C29H43F3N4O3. The smallest absolute Gasteiger partial charge is 0.351 e. The van der Waals surface area contributed by atoms with E-state index in [1.54, 1.807) is 23.0 Å². The molecule has 1 aromatic carbocycles. The fourth-order valence-corrected chi connectivity index (χ4v) is 6.31. The van der Waals surface area contributed by atoms with Crippen molar-refractivity contribution < 1.29 is 27.6 Å². The maximum atomic E-state index is 13.7. The van der Waals surface area contributed by atoms with Gasteiger partial charge in [-0.05, 0) is 94.1 Å². The third kappa shape index (κ3) is 8.10. The first-order chi connectivity index (χ1) is 18.6. The highest BCUT2D eigenvalue weighted by Gasteiger charge is 2.36. The summed E-state index contributed by atoms with van der Waals surface area (Å²) in [5, 5.41) is 4.28. The van der Waals surface area contributed by atoms with E-state index in [9.17, 15) is 22.8 Å². The van der Waals surface area contributed by atoms with Crippen molar-refractivity contribution in [3.05, 3.63) is 34.9 Å². The van der Waals surface area contributed by atoms with Gasteiger partial charge in [0.1, 0.15) is 6.04 Å². The van der Waals surface area contributed by atoms with Crippen LogP contribution >= 0.6 is 0 Å². The first-order valence-electron chi connectivity index (χ1n) is 14.5. The third-order valence-electron chi connectivity index (χ3n) is 8.70. The molecular weight excluding hydrogens is 509 g/mol. The molecule has 3 heterocycles. The Hall–Kier alpha value is -2.33. The largest absolute Gasteiger partial charge is 0.426 e. The zero-order valence-corrected chi connectivity index (χ0v) is 23.3. The van der Waals surface area contributed by atoms with E-state index in [2.05, 4.69) is 17.3 Å².